The summed E-state index contributed by atoms with van der Waals surface area (Å²) in [6.07, 6.45) is 0.917. The van der Waals surface area contributed by atoms with Crippen LogP contribution in [0, 0.1) is 0 Å². The number of rotatable bonds is 7. The summed E-state index contributed by atoms with van der Waals surface area (Å²) in [5, 5.41) is 9.05. The van der Waals surface area contributed by atoms with E-state index in [9.17, 15) is 9.59 Å². The number of amides is 1. The van der Waals surface area contributed by atoms with E-state index in [4.69, 9.17) is 9.84 Å². The summed E-state index contributed by atoms with van der Waals surface area (Å²) in [6.45, 7) is 5.72. The first kappa shape index (κ1) is 20.2. The summed E-state index contributed by atoms with van der Waals surface area (Å²) in [5.41, 5.74) is 1.22. The second-order valence-corrected chi connectivity index (χ2v) is 6.79. The largest absolute Gasteiger partial charge is 0.497 e. The summed E-state index contributed by atoms with van der Waals surface area (Å²) in [5.74, 6) is -0.0742. The Morgan fingerprint density at radius 1 is 1.19 bits per heavy atom. The number of aliphatic carboxylic acids is 1. The van der Waals surface area contributed by atoms with Crippen molar-refractivity contribution in [3.05, 3.63) is 29.8 Å². The van der Waals surface area contributed by atoms with Gasteiger partial charge in [0, 0.05) is 32.7 Å². The van der Waals surface area contributed by atoms with Crippen LogP contribution >= 0.6 is 0 Å². The van der Waals surface area contributed by atoms with Gasteiger partial charge in [-0.25, -0.2) is 0 Å². The topological polar surface area (TPSA) is 73.3 Å². The van der Waals surface area contributed by atoms with Gasteiger partial charge in [0.15, 0.2) is 0 Å². The van der Waals surface area contributed by atoms with Gasteiger partial charge < -0.3 is 14.7 Å². The molecule has 0 aliphatic carbocycles. The third-order valence-corrected chi connectivity index (χ3v) is 4.91. The zero-order chi connectivity index (χ0) is 19.1. The van der Waals surface area contributed by atoms with Crippen molar-refractivity contribution in [2.45, 2.75) is 25.9 Å². The quantitative estimate of drug-likeness (QED) is 0.783. The Kier molecular flexibility index (Phi) is 7.41. The van der Waals surface area contributed by atoms with Crippen LogP contribution in [0.1, 0.15) is 18.9 Å². The number of carboxylic acids is 1. The van der Waals surface area contributed by atoms with Crippen molar-refractivity contribution in [1.29, 1.82) is 0 Å². The highest BCUT2D eigenvalue weighted by atomic mass is 16.5. The van der Waals surface area contributed by atoms with E-state index in [0.29, 0.717) is 13.1 Å². The molecule has 1 N–H and O–H groups in total. The normalized spacial score (nSPS) is 17.0. The molecule has 1 amide bonds. The van der Waals surface area contributed by atoms with Crippen LogP contribution in [0.2, 0.25) is 0 Å². The minimum absolute atomic E-state index is 0.00750. The van der Waals surface area contributed by atoms with Crippen LogP contribution in [0.15, 0.2) is 24.3 Å². The van der Waals surface area contributed by atoms with Gasteiger partial charge in [-0.2, -0.15) is 0 Å². The molecule has 1 aliphatic rings. The zero-order valence-corrected chi connectivity index (χ0v) is 15.9. The summed E-state index contributed by atoms with van der Waals surface area (Å²) in [4.78, 5) is 29.3. The van der Waals surface area contributed by atoms with Gasteiger partial charge in [0.1, 0.15) is 11.8 Å². The summed E-state index contributed by atoms with van der Waals surface area (Å²) in [6, 6.07) is 7.38. The number of benzene rings is 1. The van der Waals surface area contributed by atoms with Gasteiger partial charge in [0.05, 0.1) is 13.7 Å². The number of carboxylic acid groups (broad SMARTS) is 1. The Morgan fingerprint density at radius 3 is 2.50 bits per heavy atom. The predicted molar refractivity (Wildman–Crippen MR) is 99.2 cm³/mol. The molecule has 7 heteroatoms. The fourth-order valence-electron chi connectivity index (χ4n) is 3.01. The van der Waals surface area contributed by atoms with Gasteiger partial charge in [0.2, 0.25) is 5.91 Å². The van der Waals surface area contributed by atoms with Gasteiger partial charge >= 0.3 is 5.97 Å². The van der Waals surface area contributed by atoms with Crippen molar-refractivity contribution >= 4 is 11.9 Å². The van der Waals surface area contributed by atoms with E-state index in [1.165, 1.54) is 5.56 Å². The second kappa shape index (κ2) is 9.54. The maximum Gasteiger partial charge on any atom is 0.320 e. The highest BCUT2D eigenvalue weighted by Crippen LogP contribution is 2.14. The maximum atomic E-state index is 12.5. The van der Waals surface area contributed by atoms with E-state index in [1.54, 1.807) is 26.0 Å². The summed E-state index contributed by atoms with van der Waals surface area (Å²) in [7, 11) is 3.33. The molecule has 2 rings (SSSR count). The lowest BCUT2D eigenvalue weighted by Crippen LogP contribution is -2.45. The second-order valence-electron chi connectivity index (χ2n) is 6.79. The van der Waals surface area contributed by atoms with Crippen LogP contribution in [0.25, 0.3) is 0 Å². The molecule has 1 atom stereocenters. The number of hydrogen-bond donors (Lipinski definition) is 1. The van der Waals surface area contributed by atoms with Crippen LogP contribution < -0.4 is 4.74 Å². The molecule has 0 bridgehead atoms. The van der Waals surface area contributed by atoms with Crippen LogP contribution in [-0.4, -0.2) is 84.6 Å². The summed E-state index contributed by atoms with van der Waals surface area (Å²) >= 11 is 0. The fourth-order valence-corrected chi connectivity index (χ4v) is 3.01. The van der Waals surface area contributed by atoms with Gasteiger partial charge in [-0.3, -0.25) is 19.4 Å². The zero-order valence-electron chi connectivity index (χ0n) is 15.9. The van der Waals surface area contributed by atoms with Crippen LogP contribution in [0.4, 0.5) is 0 Å². The molecule has 26 heavy (non-hydrogen) atoms. The lowest BCUT2D eigenvalue weighted by Gasteiger charge is -2.26. The Labute approximate surface area is 155 Å². The Morgan fingerprint density at radius 2 is 1.88 bits per heavy atom. The smallest absolute Gasteiger partial charge is 0.320 e. The van der Waals surface area contributed by atoms with Crippen molar-refractivity contribution in [3.8, 4) is 5.75 Å². The average molecular weight is 363 g/mol. The number of hydrogen-bond acceptors (Lipinski definition) is 5. The van der Waals surface area contributed by atoms with E-state index in [-0.39, 0.29) is 12.5 Å². The summed E-state index contributed by atoms with van der Waals surface area (Å²) < 4.78 is 5.18. The standard InChI is InChI=1S/C19H29N3O4/c1-15(19(24)25)20(2)14-18(23)22-10-4-9-21(11-12-22)13-16-5-7-17(26-3)8-6-16/h5-8,15H,4,9-14H2,1-3H3,(H,24,25). The van der Waals surface area contributed by atoms with Gasteiger partial charge in [-0.15, -0.1) is 0 Å². The monoisotopic (exact) mass is 363 g/mol. The first-order valence-electron chi connectivity index (χ1n) is 8.97. The van der Waals surface area contributed by atoms with E-state index in [2.05, 4.69) is 17.0 Å². The molecule has 7 nitrogen and oxygen atoms in total. The molecule has 1 aromatic rings. The molecule has 1 heterocycles. The molecule has 0 radical (unpaired) electrons. The van der Waals surface area contributed by atoms with Crippen molar-refractivity contribution in [2.24, 2.45) is 0 Å². The third-order valence-electron chi connectivity index (χ3n) is 4.91. The number of carbonyl (C=O) groups is 2. The van der Waals surface area contributed by atoms with Gasteiger partial charge in [-0.05, 0) is 38.1 Å². The molecule has 1 fully saturated rings. The molecular formula is C19H29N3O4. The van der Waals surface area contributed by atoms with Crippen molar-refractivity contribution in [1.82, 2.24) is 14.7 Å². The average Bonchev–Trinajstić information content (AvgIpc) is 2.87. The lowest BCUT2D eigenvalue weighted by atomic mass is 10.2. The van der Waals surface area contributed by atoms with Crippen LogP contribution in [-0.2, 0) is 16.1 Å². The molecule has 1 unspecified atom stereocenters. The van der Waals surface area contributed by atoms with E-state index in [0.717, 1.165) is 31.8 Å². The lowest BCUT2D eigenvalue weighted by molar-refractivity contribution is -0.143. The Bertz CT molecular complexity index is 605. The highest BCUT2D eigenvalue weighted by Gasteiger charge is 2.24. The molecule has 144 valence electrons. The molecule has 1 aromatic carbocycles. The number of methoxy groups -OCH3 is 1. The number of nitrogens with zero attached hydrogens (tertiary/aromatic N) is 3. The molecule has 0 spiro atoms. The van der Waals surface area contributed by atoms with Crippen molar-refractivity contribution in [3.63, 3.8) is 0 Å². The van der Waals surface area contributed by atoms with Gasteiger partial charge in [-0.1, -0.05) is 12.1 Å². The number of carbonyl (C=O) groups excluding carboxylic acids is 1. The molecule has 1 aliphatic heterocycles. The molecular weight excluding hydrogens is 334 g/mol. The van der Waals surface area contributed by atoms with Crippen molar-refractivity contribution in [2.75, 3.05) is 46.9 Å². The van der Waals surface area contributed by atoms with E-state index >= 15 is 0 Å². The SMILES string of the molecule is COc1ccc(CN2CCCN(C(=O)CN(C)C(C)C(=O)O)CC2)cc1. The minimum atomic E-state index is -0.915. The predicted octanol–water partition coefficient (Wildman–Crippen LogP) is 1.13. The Balaban J connectivity index is 1.84. The third kappa shape index (κ3) is 5.71. The van der Waals surface area contributed by atoms with Gasteiger partial charge in [0.25, 0.3) is 0 Å². The molecule has 0 saturated carbocycles. The van der Waals surface area contributed by atoms with Crippen LogP contribution in [0.5, 0.6) is 5.75 Å². The highest BCUT2D eigenvalue weighted by molar-refractivity contribution is 5.80. The first-order chi connectivity index (χ1) is 12.4. The van der Waals surface area contributed by atoms with E-state index < -0.39 is 12.0 Å². The fraction of sp³-hybridized carbons (Fsp3) is 0.579. The number of likely N-dealkylation sites (N-methyl/N-ethyl adjacent to an activating group) is 1. The van der Waals surface area contributed by atoms with E-state index in [1.807, 2.05) is 17.0 Å². The maximum absolute atomic E-state index is 12.5. The number of ether oxygens (including phenoxy) is 1. The molecule has 1 saturated heterocycles. The van der Waals surface area contributed by atoms with Crippen LogP contribution in [0.3, 0.4) is 0 Å². The minimum Gasteiger partial charge on any atom is -0.497 e. The molecule has 0 aromatic heterocycles. The Hall–Kier alpha value is -2.12. The van der Waals surface area contributed by atoms with Crippen molar-refractivity contribution < 1.29 is 19.4 Å². The first-order valence-corrected chi connectivity index (χ1v) is 8.97.